The molecule has 0 saturated heterocycles. The Hall–Kier alpha value is -8.76. The van der Waals surface area contributed by atoms with Gasteiger partial charge in [0.2, 0.25) is 0 Å². The summed E-state index contributed by atoms with van der Waals surface area (Å²) in [5, 5.41) is 5.03. The molecule has 0 N–H and O–H groups in total. The molecule has 0 fully saturated rings. The van der Waals surface area contributed by atoms with Crippen LogP contribution in [0.5, 0.6) is 0 Å². The average Bonchev–Trinajstić information content (AvgIpc) is 4.08. The Bertz CT molecular complexity index is 4060. The van der Waals surface area contributed by atoms with E-state index in [0.717, 1.165) is 17.1 Å². The topological polar surface area (TPSA) is 8.17 Å². The van der Waals surface area contributed by atoms with Crippen LogP contribution in [0.3, 0.4) is 0 Å². The van der Waals surface area contributed by atoms with Gasteiger partial charge in [0.25, 0.3) is 0 Å². The third-order valence-electron chi connectivity index (χ3n) is 14.7. The first-order chi connectivity index (χ1) is 34.7. The van der Waals surface area contributed by atoms with Crippen LogP contribution in [0.2, 0.25) is 0 Å². The molecule has 70 heavy (non-hydrogen) atoms. The molecule has 14 rings (SSSR count). The van der Waals surface area contributed by atoms with Gasteiger partial charge in [-0.05, 0) is 116 Å². The van der Waals surface area contributed by atoms with Gasteiger partial charge in [-0.3, -0.25) is 0 Å². The summed E-state index contributed by atoms with van der Waals surface area (Å²) in [6, 6.07) is 98.5. The summed E-state index contributed by atoms with van der Waals surface area (Å²) in [6.07, 6.45) is 0. The van der Waals surface area contributed by atoms with Crippen molar-refractivity contribution in [2.75, 3.05) is 4.90 Å². The fourth-order valence-electron chi connectivity index (χ4n) is 11.6. The van der Waals surface area contributed by atoms with Gasteiger partial charge >= 0.3 is 0 Å². The normalized spacial score (nSPS) is 12.7. The summed E-state index contributed by atoms with van der Waals surface area (Å²) >= 11 is 1.88. The van der Waals surface area contributed by atoms with Crippen molar-refractivity contribution in [3.05, 3.63) is 289 Å². The van der Waals surface area contributed by atoms with Crippen LogP contribution in [-0.4, -0.2) is 4.57 Å². The van der Waals surface area contributed by atoms with Crippen LogP contribution >= 0.6 is 11.3 Å². The second kappa shape index (κ2) is 16.2. The summed E-state index contributed by atoms with van der Waals surface area (Å²) in [5.41, 5.74) is 18.9. The number of rotatable bonds is 8. The van der Waals surface area contributed by atoms with Crippen molar-refractivity contribution in [2.24, 2.45) is 0 Å². The van der Waals surface area contributed by atoms with Crippen LogP contribution in [0.1, 0.15) is 22.3 Å². The van der Waals surface area contributed by atoms with Crippen LogP contribution < -0.4 is 4.90 Å². The third kappa shape index (κ3) is 6.19. The largest absolute Gasteiger partial charge is 0.310 e. The number of aromatic nitrogens is 1. The average molecular weight is 909 g/mol. The van der Waals surface area contributed by atoms with Crippen LogP contribution in [-0.2, 0) is 5.41 Å². The maximum absolute atomic E-state index is 2.48. The zero-order valence-corrected chi connectivity index (χ0v) is 39.0. The van der Waals surface area contributed by atoms with Crippen LogP contribution in [0.4, 0.5) is 17.1 Å². The summed E-state index contributed by atoms with van der Waals surface area (Å²) in [7, 11) is 0. The van der Waals surface area contributed by atoms with Gasteiger partial charge in [-0.15, -0.1) is 11.3 Å². The van der Waals surface area contributed by atoms with Crippen molar-refractivity contribution in [2.45, 2.75) is 5.41 Å². The minimum absolute atomic E-state index is 0.519. The molecule has 0 atom stereocenters. The number of benzene rings is 11. The monoisotopic (exact) mass is 908 g/mol. The highest BCUT2D eigenvalue weighted by Crippen LogP contribution is 2.57. The molecule has 3 heteroatoms. The van der Waals surface area contributed by atoms with E-state index in [-0.39, 0.29) is 0 Å². The molecule has 0 unspecified atom stereocenters. The molecule has 1 aliphatic rings. The molecule has 0 saturated carbocycles. The van der Waals surface area contributed by atoms with E-state index >= 15 is 0 Å². The molecule has 11 aromatic carbocycles. The number of fused-ring (bicyclic) bond motifs is 9. The van der Waals surface area contributed by atoms with Gasteiger partial charge in [-0.25, -0.2) is 0 Å². The molecule has 2 nitrogen and oxygen atoms in total. The smallest absolute Gasteiger partial charge is 0.0714 e. The number of hydrogen-bond donors (Lipinski definition) is 0. The van der Waals surface area contributed by atoms with Gasteiger partial charge in [-0.1, -0.05) is 206 Å². The Kier molecular flexibility index (Phi) is 9.33. The molecular weight excluding hydrogens is 865 g/mol. The number of nitrogens with zero attached hydrogens (tertiary/aromatic N) is 2. The molecule has 2 heterocycles. The Morgan fingerprint density at radius 3 is 1.61 bits per heavy atom. The van der Waals surface area contributed by atoms with Crippen LogP contribution in [0.15, 0.2) is 267 Å². The minimum atomic E-state index is -0.519. The first-order valence-corrected chi connectivity index (χ1v) is 24.9. The van der Waals surface area contributed by atoms with Gasteiger partial charge in [0, 0.05) is 43.3 Å². The predicted molar refractivity (Wildman–Crippen MR) is 297 cm³/mol. The van der Waals surface area contributed by atoms with E-state index in [1.807, 2.05) is 11.3 Å². The SMILES string of the molecule is c1ccc(-c2ccc(N(c3ccc4c(c3)C(c3ccccc3)(c3ccccc3)c3ccccc3-4)c3ccc4c(c3)sc3c(-n5c6ccccc6c6cc(-c7ccccc7)ccc65)cccc34)cc2)cc1. The molecule has 0 radical (unpaired) electrons. The van der Waals surface area contributed by atoms with Gasteiger partial charge < -0.3 is 9.47 Å². The molecule has 0 aliphatic heterocycles. The summed E-state index contributed by atoms with van der Waals surface area (Å²) in [4.78, 5) is 2.46. The van der Waals surface area contributed by atoms with E-state index in [1.54, 1.807) is 0 Å². The molecule has 2 aromatic heterocycles. The van der Waals surface area contributed by atoms with Crippen molar-refractivity contribution < 1.29 is 0 Å². The summed E-state index contributed by atoms with van der Waals surface area (Å²) < 4.78 is 5.00. The van der Waals surface area contributed by atoms with E-state index in [4.69, 9.17) is 0 Å². The Balaban J connectivity index is 0.966. The van der Waals surface area contributed by atoms with Crippen molar-refractivity contribution in [1.82, 2.24) is 4.57 Å². The quantitative estimate of drug-likeness (QED) is 0.147. The second-order valence-corrected chi connectivity index (χ2v) is 19.4. The summed E-state index contributed by atoms with van der Waals surface area (Å²) in [5.74, 6) is 0. The van der Waals surface area contributed by atoms with Gasteiger partial charge in [0.05, 0.1) is 26.8 Å². The van der Waals surface area contributed by atoms with Crippen LogP contribution in [0, 0.1) is 0 Å². The van der Waals surface area contributed by atoms with E-state index < -0.39 is 5.41 Å². The second-order valence-electron chi connectivity index (χ2n) is 18.4. The molecule has 328 valence electrons. The van der Waals surface area contributed by atoms with Gasteiger partial charge in [0.15, 0.2) is 0 Å². The highest BCUT2D eigenvalue weighted by molar-refractivity contribution is 7.26. The first-order valence-electron chi connectivity index (χ1n) is 24.1. The standard InChI is InChI=1S/C67H44N2S/c1-5-18-45(19-6-1)47-32-35-51(36-33-47)68(52-37-39-55-54-26-13-15-29-60(54)67(61(55)43-52,49-22-9-3-10-23-49)50-24-11-4-12-25-50)53-38-40-57-58-28-17-31-64(66(58)70-65(57)44-53)69-62-30-16-14-27-56(62)59-42-48(34-41-63(59)69)46-20-7-2-8-21-46/h1-44H. The number of anilines is 3. The fourth-order valence-corrected chi connectivity index (χ4v) is 12.8. The maximum atomic E-state index is 2.48. The zero-order chi connectivity index (χ0) is 46.2. The van der Waals surface area contributed by atoms with E-state index in [1.165, 1.54) is 103 Å². The molecule has 1 aliphatic carbocycles. The highest BCUT2D eigenvalue weighted by atomic mass is 32.1. The number of para-hydroxylation sites is 1. The first kappa shape index (κ1) is 40.3. The fraction of sp³-hybridized carbons (Fsp3) is 0.0149. The highest BCUT2D eigenvalue weighted by Gasteiger charge is 2.46. The molecule has 0 bridgehead atoms. The number of thiophene rings is 1. The molecule has 0 amide bonds. The van der Waals surface area contributed by atoms with Crippen LogP contribution in [0.25, 0.3) is 81.0 Å². The number of hydrogen-bond acceptors (Lipinski definition) is 2. The molecule has 0 spiro atoms. The summed E-state index contributed by atoms with van der Waals surface area (Å²) in [6.45, 7) is 0. The lowest BCUT2D eigenvalue weighted by atomic mass is 9.67. The van der Waals surface area contributed by atoms with Gasteiger partial charge in [0.1, 0.15) is 0 Å². The maximum Gasteiger partial charge on any atom is 0.0714 e. The molecule has 13 aromatic rings. The van der Waals surface area contributed by atoms with E-state index in [2.05, 4.69) is 276 Å². The van der Waals surface area contributed by atoms with Crippen molar-refractivity contribution in [1.29, 1.82) is 0 Å². The minimum Gasteiger partial charge on any atom is -0.310 e. The van der Waals surface area contributed by atoms with Crippen molar-refractivity contribution >= 4 is 70.4 Å². The predicted octanol–water partition coefficient (Wildman–Crippen LogP) is 18.3. The van der Waals surface area contributed by atoms with E-state index in [0.29, 0.717) is 0 Å². The van der Waals surface area contributed by atoms with Crippen molar-refractivity contribution in [3.8, 4) is 39.1 Å². The van der Waals surface area contributed by atoms with E-state index in [9.17, 15) is 0 Å². The third-order valence-corrected chi connectivity index (χ3v) is 15.9. The Labute approximate surface area is 411 Å². The Morgan fingerprint density at radius 2 is 0.871 bits per heavy atom. The van der Waals surface area contributed by atoms with Gasteiger partial charge in [-0.2, -0.15) is 0 Å². The Morgan fingerprint density at radius 1 is 0.329 bits per heavy atom. The zero-order valence-electron chi connectivity index (χ0n) is 38.2. The lowest BCUT2D eigenvalue weighted by Gasteiger charge is -2.35. The van der Waals surface area contributed by atoms with Crippen molar-refractivity contribution in [3.63, 3.8) is 0 Å². The lowest BCUT2D eigenvalue weighted by Crippen LogP contribution is -2.28. The molecular formula is C67H44N2S. The lowest BCUT2D eigenvalue weighted by molar-refractivity contribution is 0.768.